The predicted octanol–water partition coefficient (Wildman–Crippen LogP) is 3.97. The van der Waals surface area contributed by atoms with Gasteiger partial charge in [-0.1, -0.05) is 48.5 Å². The van der Waals surface area contributed by atoms with E-state index in [0.717, 1.165) is 22.0 Å². The number of aromatic nitrogens is 1. The Bertz CT molecular complexity index is 1340. The van der Waals surface area contributed by atoms with Crippen molar-refractivity contribution in [2.45, 2.75) is 70.6 Å². The summed E-state index contributed by atoms with van der Waals surface area (Å²) in [4.78, 5) is 50.8. The number of carbonyl (C=O) groups excluding carboxylic acids is 3. The summed E-state index contributed by atoms with van der Waals surface area (Å²) < 4.78 is 5.16. The Kier molecular flexibility index (Phi) is 11.3. The number of aliphatic carboxylic acids is 1. The van der Waals surface area contributed by atoms with Gasteiger partial charge in [0.2, 0.25) is 5.91 Å². The monoisotopic (exact) mass is 579 g/mol. The Labute approximate surface area is 245 Å². The largest absolute Gasteiger partial charge is 0.480 e. The first-order chi connectivity index (χ1) is 19.9. The highest BCUT2D eigenvalue weighted by Gasteiger charge is 2.25. The lowest BCUT2D eigenvalue weighted by atomic mass is 10.0. The zero-order valence-corrected chi connectivity index (χ0v) is 24.4. The molecule has 1 atom stereocenters. The van der Waals surface area contributed by atoms with Crippen molar-refractivity contribution in [3.8, 4) is 0 Å². The maximum Gasteiger partial charge on any atom is 0.407 e. The number of para-hydroxylation sites is 1. The summed E-state index contributed by atoms with van der Waals surface area (Å²) in [7, 11) is 0. The number of carboxylic acids is 1. The van der Waals surface area contributed by atoms with Gasteiger partial charge in [-0.05, 0) is 57.2 Å². The summed E-state index contributed by atoms with van der Waals surface area (Å²) in [5, 5.41) is 15.9. The number of rotatable bonds is 8. The number of H-pyrrole nitrogens is 1. The number of hydrogen-bond acceptors (Lipinski definition) is 5. The van der Waals surface area contributed by atoms with E-state index in [1.807, 2.05) is 75.4 Å². The van der Waals surface area contributed by atoms with Gasteiger partial charge in [-0.15, -0.1) is 0 Å². The van der Waals surface area contributed by atoms with Crippen molar-refractivity contribution in [3.63, 3.8) is 0 Å². The second kappa shape index (κ2) is 14.9. The number of hydrogen-bond donors (Lipinski definition) is 5. The molecule has 226 valence electrons. The third-order valence-corrected chi connectivity index (χ3v) is 6.74. The van der Waals surface area contributed by atoms with E-state index in [1.54, 1.807) is 11.1 Å². The van der Waals surface area contributed by atoms with Crippen LogP contribution in [0.1, 0.15) is 51.2 Å². The molecule has 2 heterocycles. The third-order valence-electron chi connectivity index (χ3n) is 6.74. The van der Waals surface area contributed by atoms with Crippen LogP contribution in [-0.2, 0) is 27.2 Å². The summed E-state index contributed by atoms with van der Waals surface area (Å²) in [6, 6.07) is 16.1. The van der Waals surface area contributed by atoms with Crippen LogP contribution in [0.15, 0.2) is 60.8 Å². The number of fused-ring (bicyclic) bond motifs is 1. The molecule has 1 aliphatic heterocycles. The Morgan fingerprint density at radius 2 is 1.69 bits per heavy atom. The van der Waals surface area contributed by atoms with E-state index < -0.39 is 29.7 Å². The molecule has 6 N–H and O–H groups in total. The average Bonchev–Trinajstić information content (AvgIpc) is 3.34. The third kappa shape index (κ3) is 10.5. The topological polar surface area (TPSA) is 167 Å². The zero-order chi connectivity index (χ0) is 30.7. The Hall–Kier alpha value is -4.54. The average molecular weight is 580 g/mol. The molecular formula is C31H41N5O6. The number of benzene rings is 2. The molecule has 11 nitrogen and oxygen atoms in total. The lowest BCUT2D eigenvalue weighted by molar-refractivity contribution is -0.141. The molecule has 1 saturated heterocycles. The van der Waals surface area contributed by atoms with Crippen molar-refractivity contribution in [1.29, 1.82) is 0 Å². The molecule has 4 amide bonds. The number of nitrogens with zero attached hydrogens (tertiary/aromatic N) is 1. The van der Waals surface area contributed by atoms with Crippen molar-refractivity contribution < 1.29 is 29.0 Å². The number of amides is 4. The Morgan fingerprint density at radius 1 is 1.05 bits per heavy atom. The van der Waals surface area contributed by atoms with E-state index in [4.69, 9.17) is 10.5 Å². The number of alkyl carbamates (subject to hydrolysis) is 1. The van der Waals surface area contributed by atoms with Crippen LogP contribution in [0.4, 0.5) is 9.59 Å². The first kappa shape index (κ1) is 32.0. The van der Waals surface area contributed by atoms with Gasteiger partial charge in [-0.2, -0.15) is 0 Å². The minimum Gasteiger partial charge on any atom is -0.480 e. The molecule has 1 fully saturated rings. The zero-order valence-electron chi connectivity index (χ0n) is 24.4. The quantitative estimate of drug-likeness (QED) is 0.271. The van der Waals surface area contributed by atoms with Gasteiger partial charge in [0.1, 0.15) is 11.6 Å². The van der Waals surface area contributed by atoms with Crippen LogP contribution in [0.3, 0.4) is 0 Å². The lowest BCUT2D eigenvalue weighted by Gasteiger charge is -2.31. The SMILES string of the molecule is CC(C)(C)OC(=O)NC1CCN(C(N)=O)CC1.O=C(CCc1ccccc1)NC(Cc1c[nH]c2ccccc12)C(=O)O. The minimum absolute atomic E-state index is 0.0560. The molecular weight excluding hydrogens is 538 g/mol. The molecule has 0 radical (unpaired) electrons. The molecule has 3 aromatic rings. The van der Waals surface area contributed by atoms with Crippen molar-refractivity contribution in [2.24, 2.45) is 5.73 Å². The van der Waals surface area contributed by atoms with Gasteiger partial charge in [-0.3, -0.25) is 4.79 Å². The number of piperidine rings is 1. The first-order valence-corrected chi connectivity index (χ1v) is 14.1. The van der Waals surface area contributed by atoms with E-state index in [9.17, 15) is 24.3 Å². The van der Waals surface area contributed by atoms with Gasteiger partial charge in [0, 0.05) is 49.1 Å². The molecule has 0 saturated carbocycles. The number of carboxylic acid groups (broad SMARTS) is 1. The summed E-state index contributed by atoms with van der Waals surface area (Å²) in [5.74, 6) is -1.28. The lowest BCUT2D eigenvalue weighted by Crippen LogP contribution is -2.48. The van der Waals surface area contributed by atoms with E-state index in [1.165, 1.54) is 0 Å². The molecule has 0 aliphatic carbocycles. The maximum atomic E-state index is 12.1. The Morgan fingerprint density at radius 3 is 2.31 bits per heavy atom. The Balaban J connectivity index is 0.000000250. The molecule has 0 bridgehead atoms. The van der Waals surface area contributed by atoms with Crippen molar-refractivity contribution in [1.82, 2.24) is 20.5 Å². The number of urea groups is 1. The van der Waals surface area contributed by atoms with Crippen LogP contribution in [0.5, 0.6) is 0 Å². The van der Waals surface area contributed by atoms with Crippen LogP contribution in [-0.4, -0.2) is 69.8 Å². The van der Waals surface area contributed by atoms with Gasteiger partial charge in [0.05, 0.1) is 0 Å². The highest BCUT2D eigenvalue weighted by atomic mass is 16.6. The number of carbonyl (C=O) groups is 4. The van der Waals surface area contributed by atoms with Crippen LogP contribution in [0.2, 0.25) is 0 Å². The van der Waals surface area contributed by atoms with Gasteiger partial charge in [0.15, 0.2) is 0 Å². The fourth-order valence-electron chi connectivity index (χ4n) is 4.61. The number of ether oxygens (including phenoxy) is 1. The van der Waals surface area contributed by atoms with Crippen molar-refractivity contribution in [3.05, 3.63) is 71.9 Å². The van der Waals surface area contributed by atoms with E-state index >= 15 is 0 Å². The van der Waals surface area contributed by atoms with Gasteiger partial charge >= 0.3 is 18.1 Å². The fourth-order valence-corrected chi connectivity index (χ4v) is 4.61. The van der Waals surface area contributed by atoms with Gasteiger partial charge < -0.3 is 36.1 Å². The van der Waals surface area contributed by atoms with E-state index in [2.05, 4.69) is 15.6 Å². The molecule has 1 unspecified atom stereocenters. The van der Waals surface area contributed by atoms with E-state index in [0.29, 0.717) is 32.4 Å². The van der Waals surface area contributed by atoms with Crippen molar-refractivity contribution in [2.75, 3.05) is 13.1 Å². The smallest absolute Gasteiger partial charge is 0.407 e. The number of aryl methyl sites for hydroxylation is 1. The molecule has 42 heavy (non-hydrogen) atoms. The van der Waals surface area contributed by atoms with Crippen LogP contribution < -0.4 is 16.4 Å². The summed E-state index contributed by atoms with van der Waals surface area (Å²) in [6.45, 7) is 6.62. The maximum absolute atomic E-state index is 12.1. The van der Waals surface area contributed by atoms with Crippen LogP contribution in [0.25, 0.3) is 10.9 Å². The molecule has 1 aromatic heterocycles. The molecule has 4 rings (SSSR count). The van der Waals surface area contributed by atoms with Gasteiger partial charge in [0.25, 0.3) is 0 Å². The molecule has 2 aromatic carbocycles. The van der Waals surface area contributed by atoms with Crippen LogP contribution in [0, 0.1) is 0 Å². The highest BCUT2D eigenvalue weighted by molar-refractivity contribution is 5.86. The molecule has 11 heteroatoms. The number of aromatic amines is 1. The molecule has 0 spiro atoms. The molecule has 1 aliphatic rings. The highest BCUT2D eigenvalue weighted by Crippen LogP contribution is 2.19. The minimum atomic E-state index is -1.03. The second-order valence-corrected chi connectivity index (χ2v) is 11.3. The predicted molar refractivity (Wildman–Crippen MR) is 160 cm³/mol. The normalized spacial score (nSPS) is 14.3. The summed E-state index contributed by atoms with van der Waals surface area (Å²) in [5.41, 5.74) is 7.58. The number of nitrogens with two attached hydrogens (primary N) is 1. The van der Waals surface area contributed by atoms with Gasteiger partial charge in [-0.25, -0.2) is 14.4 Å². The van der Waals surface area contributed by atoms with Crippen LogP contribution >= 0.6 is 0 Å². The first-order valence-electron chi connectivity index (χ1n) is 14.1. The summed E-state index contributed by atoms with van der Waals surface area (Å²) >= 11 is 0. The van der Waals surface area contributed by atoms with E-state index in [-0.39, 0.29) is 24.8 Å². The number of nitrogens with one attached hydrogen (secondary N) is 3. The second-order valence-electron chi connectivity index (χ2n) is 11.3. The standard InChI is InChI=1S/C20H20N2O3.C11H21N3O3/c23-19(11-10-14-6-2-1-3-7-14)22-18(20(24)25)12-15-13-21-17-9-5-4-8-16(15)17;1-11(2,3)17-10(16)13-8-4-6-14(7-5-8)9(12)15/h1-9,13,18,21H,10-12H2,(H,22,23)(H,24,25);8H,4-7H2,1-3H3,(H2,12,15)(H,13,16). The number of primary amides is 1. The summed E-state index contributed by atoms with van der Waals surface area (Å²) in [6.07, 6.45) is 3.92. The van der Waals surface area contributed by atoms with Crippen molar-refractivity contribution >= 4 is 34.9 Å². The fraction of sp³-hybridized carbons (Fsp3) is 0.419. The number of likely N-dealkylation sites (tertiary alicyclic amines) is 1.